The summed E-state index contributed by atoms with van der Waals surface area (Å²) in [5.41, 5.74) is 5.93. The van der Waals surface area contributed by atoms with E-state index in [1.807, 2.05) is 11.8 Å². The molecule has 0 aromatic rings. The zero-order valence-electron chi connectivity index (χ0n) is 31.7. The van der Waals surface area contributed by atoms with Crippen LogP contribution in [0.2, 0.25) is 0 Å². The second-order valence-electron chi connectivity index (χ2n) is 18.9. The van der Waals surface area contributed by atoms with E-state index in [0.717, 1.165) is 64.6 Å². The van der Waals surface area contributed by atoms with Gasteiger partial charge in [0.05, 0.1) is 36.1 Å². The van der Waals surface area contributed by atoms with Crippen LogP contribution in [0, 0.1) is 45.3 Å². The van der Waals surface area contributed by atoms with E-state index in [-0.39, 0.29) is 63.8 Å². The topological polar surface area (TPSA) is 127 Å². The van der Waals surface area contributed by atoms with Crippen LogP contribution in [-0.4, -0.2) is 121 Å². The summed E-state index contributed by atoms with van der Waals surface area (Å²) in [6, 6.07) is 0. The van der Waals surface area contributed by atoms with Crippen molar-refractivity contribution in [2.75, 3.05) is 53.0 Å². The van der Waals surface area contributed by atoms with Crippen molar-refractivity contribution < 1.29 is 34.0 Å². The van der Waals surface area contributed by atoms with Crippen molar-refractivity contribution in [2.45, 2.75) is 141 Å². The Balaban J connectivity index is 1.08. The molecule has 0 aromatic carbocycles. The molecule has 280 valence electrons. The molecule has 0 radical (unpaired) electrons. The summed E-state index contributed by atoms with van der Waals surface area (Å²) in [6.45, 7) is 20.1. The molecule has 10 heteroatoms. The predicted molar refractivity (Wildman–Crippen MR) is 187 cm³/mol. The van der Waals surface area contributed by atoms with Crippen LogP contribution in [0.5, 0.6) is 0 Å². The van der Waals surface area contributed by atoms with Gasteiger partial charge in [0.1, 0.15) is 12.2 Å². The van der Waals surface area contributed by atoms with Crippen molar-refractivity contribution >= 4 is 6.09 Å². The molecule has 2 saturated heterocycles. The van der Waals surface area contributed by atoms with Crippen LogP contribution in [0.1, 0.15) is 99.8 Å². The Kier molecular flexibility index (Phi) is 9.11. The van der Waals surface area contributed by atoms with Crippen LogP contribution in [0.25, 0.3) is 0 Å². The lowest BCUT2D eigenvalue weighted by atomic mass is 9.43. The molecule has 7 rings (SSSR count). The summed E-state index contributed by atoms with van der Waals surface area (Å²) in [5.74, 6) is 1.13. The summed E-state index contributed by atoms with van der Waals surface area (Å²) in [5, 5.41) is 23.5. The monoisotopic (exact) mass is 689 g/mol. The van der Waals surface area contributed by atoms with Crippen LogP contribution in [0.3, 0.4) is 0 Å². The molecule has 2 aliphatic heterocycles. The number of carbonyl (C=O) groups is 1. The first-order chi connectivity index (χ1) is 23.0. The minimum absolute atomic E-state index is 0.0998. The third-order valence-electron chi connectivity index (χ3n) is 16.1. The predicted octanol–water partition coefficient (Wildman–Crippen LogP) is 4.44. The minimum Gasteiger partial charge on any atom is -0.446 e. The average molecular weight is 690 g/mol. The van der Waals surface area contributed by atoms with E-state index in [1.54, 1.807) is 21.0 Å². The molecule has 5 aliphatic carbocycles. The molecule has 2 spiro atoms. The summed E-state index contributed by atoms with van der Waals surface area (Å²) in [4.78, 5) is 17.7. The summed E-state index contributed by atoms with van der Waals surface area (Å²) < 4.78 is 24.6. The minimum atomic E-state index is -1.06. The Bertz CT molecular complexity index is 1250. The highest BCUT2D eigenvalue weighted by molar-refractivity contribution is 5.68. The zero-order chi connectivity index (χ0) is 35.4. The number of aliphatic hydroxyl groups is 2. The van der Waals surface area contributed by atoms with Crippen molar-refractivity contribution in [2.24, 2.45) is 51.1 Å². The van der Waals surface area contributed by atoms with Crippen molar-refractivity contribution in [3.8, 4) is 0 Å². The first kappa shape index (κ1) is 36.4. The molecule has 10 nitrogen and oxygen atoms in total. The third-order valence-corrected chi connectivity index (χ3v) is 16.1. The second-order valence-corrected chi connectivity index (χ2v) is 18.9. The van der Waals surface area contributed by atoms with Gasteiger partial charge in [-0.05, 0) is 112 Å². The SMILES string of the molecule is CCO[C@@H](C1C[C@@H](C)[C@H]2C(O1)[C@H](O)[C@@]1(N)C3CC[C@H]4C(C)(C)[C@@H](OC(=O)N5CCN(CCOC)CC5)CCC45CC35CCC21C)C(C)(C)O. The van der Waals surface area contributed by atoms with E-state index in [4.69, 9.17) is 24.7 Å². The Hall–Kier alpha value is -1.01. The molecule has 0 aromatic heterocycles. The van der Waals surface area contributed by atoms with Crippen molar-refractivity contribution in [1.82, 2.24) is 9.80 Å². The lowest BCUT2D eigenvalue weighted by Gasteiger charge is -2.63. The van der Waals surface area contributed by atoms with E-state index < -0.39 is 23.3 Å². The molecule has 1 amide bonds. The standard InChI is InChI=1S/C39H67N3O7/c1-9-47-32(35(5,6)45)25-22-24(2)29-30(48-25)31(43)39(40)27-11-10-26-34(3,4)28(12-13-37(26)23-38(27,37)15-14-36(29,39)7)49-33(44)42-18-16-41(17-19-42)20-21-46-8/h24-32,43,45H,9-23,40H2,1-8H3/t24-,25?,26+,27?,28+,29+,30?,31+,32+,36?,37?,38?,39+/m1/s1. The zero-order valence-corrected chi connectivity index (χ0v) is 31.7. The number of nitrogens with two attached hydrogens (primary N) is 1. The number of ether oxygens (including phenoxy) is 4. The number of fused-ring (bicyclic) bond motifs is 4. The number of aliphatic hydroxyl groups excluding tert-OH is 1. The Morgan fingerprint density at radius 1 is 1.04 bits per heavy atom. The highest BCUT2D eigenvalue weighted by atomic mass is 16.6. The number of rotatable bonds is 8. The number of amides is 1. The third kappa shape index (κ3) is 5.14. The van der Waals surface area contributed by atoms with Crippen LogP contribution in [0.15, 0.2) is 0 Å². The van der Waals surface area contributed by atoms with Gasteiger partial charge in [0, 0.05) is 51.9 Å². The lowest BCUT2D eigenvalue weighted by molar-refractivity contribution is -0.214. The van der Waals surface area contributed by atoms with E-state index in [9.17, 15) is 15.0 Å². The van der Waals surface area contributed by atoms with E-state index in [1.165, 1.54) is 6.42 Å². The lowest BCUT2D eigenvalue weighted by Crippen LogP contribution is -2.70. The average Bonchev–Trinajstić information content (AvgIpc) is 3.68. The van der Waals surface area contributed by atoms with Gasteiger partial charge in [0.15, 0.2) is 0 Å². The van der Waals surface area contributed by atoms with Crippen LogP contribution in [0.4, 0.5) is 4.79 Å². The maximum absolute atomic E-state index is 13.5. The largest absolute Gasteiger partial charge is 0.446 e. The van der Waals surface area contributed by atoms with Gasteiger partial charge in [-0.25, -0.2) is 4.79 Å². The molecule has 7 fully saturated rings. The molecular weight excluding hydrogens is 622 g/mol. The quantitative estimate of drug-likeness (QED) is 0.339. The van der Waals surface area contributed by atoms with Gasteiger partial charge in [-0.15, -0.1) is 0 Å². The highest BCUT2D eigenvalue weighted by Gasteiger charge is 2.85. The molecule has 13 atom stereocenters. The van der Waals surface area contributed by atoms with Gasteiger partial charge in [-0.1, -0.05) is 27.7 Å². The van der Waals surface area contributed by atoms with E-state index in [2.05, 4.69) is 32.6 Å². The van der Waals surface area contributed by atoms with Gasteiger partial charge in [-0.3, -0.25) is 4.90 Å². The van der Waals surface area contributed by atoms with Crippen LogP contribution < -0.4 is 5.73 Å². The molecule has 5 saturated carbocycles. The van der Waals surface area contributed by atoms with Crippen LogP contribution in [-0.2, 0) is 18.9 Å². The molecule has 6 unspecified atom stereocenters. The maximum Gasteiger partial charge on any atom is 0.410 e. The second kappa shape index (κ2) is 12.3. The Morgan fingerprint density at radius 2 is 1.71 bits per heavy atom. The summed E-state index contributed by atoms with van der Waals surface area (Å²) >= 11 is 0. The molecule has 7 aliphatic rings. The van der Waals surface area contributed by atoms with Gasteiger partial charge in [0.25, 0.3) is 0 Å². The number of piperazine rings is 1. The number of nitrogens with zero attached hydrogens (tertiary/aromatic N) is 2. The van der Waals surface area contributed by atoms with Crippen molar-refractivity contribution in [3.63, 3.8) is 0 Å². The molecular formula is C39H67N3O7. The first-order valence-electron chi connectivity index (χ1n) is 19.6. The first-order valence-corrected chi connectivity index (χ1v) is 19.6. The summed E-state index contributed by atoms with van der Waals surface area (Å²) in [7, 11) is 1.73. The Morgan fingerprint density at radius 3 is 2.37 bits per heavy atom. The fourth-order valence-electron chi connectivity index (χ4n) is 13.9. The normalized spacial score (nSPS) is 48.0. The fourth-order valence-corrected chi connectivity index (χ4v) is 13.9. The van der Waals surface area contributed by atoms with Gasteiger partial charge in [0.2, 0.25) is 0 Å². The number of hydrogen-bond donors (Lipinski definition) is 3. The van der Waals surface area contributed by atoms with Gasteiger partial charge >= 0.3 is 6.09 Å². The van der Waals surface area contributed by atoms with Crippen molar-refractivity contribution in [1.29, 1.82) is 0 Å². The molecule has 49 heavy (non-hydrogen) atoms. The van der Waals surface area contributed by atoms with Gasteiger partial charge < -0.3 is 39.8 Å². The smallest absolute Gasteiger partial charge is 0.410 e. The van der Waals surface area contributed by atoms with E-state index >= 15 is 0 Å². The summed E-state index contributed by atoms with van der Waals surface area (Å²) in [6.07, 6.45) is 5.93. The maximum atomic E-state index is 13.5. The highest BCUT2D eigenvalue weighted by Crippen LogP contribution is 2.87. The Labute approximate surface area is 295 Å². The fraction of sp³-hybridized carbons (Fsp3) is 0.974. The molecule has 2 heterocycles. The van der Waals surface area contributed by atoms with E-state index in [0.29, 0.717) is 32.2 Å². The van der Waals surface area contributed by atoms with Crippen molar-refractivity contribution in [3.05, 3.63) is 0 Å². The van der Waals surface area contributed by atoms with Gasteiger partial charge in [-0.2, -0.15) is 0 Å². The number of carbonyl (C=O) groups excluding carboxylic acids is 1. The number of hydrogen-bond acceptors (Lipinski definition) is 9. The van der Waals surface area contributed by atoms with Crippen LogP contribution >= 0.6 is 0 Å². The number of methoxy groups -OCH3 is 1. The molecule has 4 N–H and O–H groups in total. The molecule has 0 bridgehead atoms.